The summed E-state index contributed by atoms with van der Waals surface area (Å²) < 4.78 is 0. The Morgan fingerprint density at radius 2 is 2.07 bits per heavy atom. The summed E-state index contributed by atoms with van der Waals surface area (Å²) >= 11 is 0. The fourth-order valence-corrected chi connectivity index (χ4v) is 1.28. The van der Waals surface area contributed by atoms with Crippen molar-refractivity contribution in [2.45, 2.75) is 32.6 Å². The first-order valence-electron chi connectivity index (χ1n) is 5.14. The summed E-state index contributed by atoms with van der Waals surface area (Å²) in [6.07, 6.45) is 9.09. The molecule has 2 N–H and O–H groups in total. The van der Waals surface area contributed by atoms with E-state index in [9.17, 15) is 4.79 Å². The maximum atomic E-state index is 10.7. The molecule has 3 nitrogen and oxygen atoms in total. The average Bonchev–Trinajstić information content (AvgIpc) is 2.13. The van der Waals surface area contributed by atoms with Gasteiger partial charge in [-0.1, -0.05) is 13.3 Å². The molecule has 0 spiro atoms. The van der Waals surface area contributed by atoms with Crippen molar-refractivity contribution in [1.29, 1.82) is 0 Å². The SMILES string of the molecule is C#CCCCN(CCCC)CC(N)=O. The third-order valence-electron chi connectivity index (χ3n) is 2.00. The van der Waals surface area contributed by atoms with E-state index in [1.807, 2.05) is 0 Å². The minimum Gasteiger partial charge on any atom is -0.369 e. The van der Waals surface area contributed by atoms with Crippen LogP contribution >= 0.6 is 0 Å². The van der Waals surface area contributed by atoms with Crippen LogP contribution in [0.3, 0.4) is 0 Å². The number of hydrogen-bond acceptors (Lipinski definition) is 2. The highest BCUT2D eigenvalue weighted by atomic mass is 16.1. The van der Waals surface area contributed by atoms with Crippen LogP contribution in [-0.2, 0) is 4.79 Å². The molecule has 0 fully saturated rings. The monoisotopic (exact) mass is 196 g/mol. The Bertz CT molecular complexity index is 196. The number of carbonyl (C=O) groups is 1. The number of rotatable bonds is 8. The standard InChI is InChI=1S/C11H20N2O/c1-3-5-7-9-13(8-6-4-2)10-11(12)14/h1H,4-10H2,2H3,(H2,12,14). The molecule has 14 heavy (non-hydrogen) atoms. The summed E-state index contributed by atoms with van der Waals surface area (Å²) in [4.78, 5) is 12.8. The number of unbranched alkanes of at least 4 members (excludes halogenated alkanes) is 2. The van der Waals surface area contributed by atoms with Gasteiger partial charge in [0.1, 0.15) is 0 Å². The molecule has 0 unspecified atom stereocenters. The number of terminal acetylenes is 1. The zero-order chi connectivity index (χ0) is 10.8. The lowest BCUT2D eigenvalue weighted by Crippen LogP contribution is -2.35. The maximum Gasteiger partial charge on any atom is 0.231 e. The summed E-state index contributed by atoms with van der Waals surface area (Å²) in [5, 5.41) is 0. The van der Waals surface area contributed by atoms with E-state index in [1.54, 1.807) is 0 Å². The molecule has 0 aromatic heterocycles. The zero-order valence-electron chi connectivity index (χ0n) is 8.96. The van der Waals surface area contributed by atoms with Crippen molar-refractivity contribution >= 4 is 5.91 Å². The Morgan fingerprint density at radius 1 is 1.43 bits per heavy atom. The van der Waals surface area contributed by atoms with Gasteiger partial charge < -0.3 is 5.73 Å². The minimum absolute atomic E-state index is 0.262. The topological polar surface area (TPSA) is 46.3 Å². The van der Waals surface area contributed by atoms with E-state index in [1.165, 1.54) is 0 Å². The van der Waals surface area contributed by atoms with Crippen LogP contribution in [0.5, 0.6) is 0 Å². The van der Waals surface area contributed by atoms with E-state index in [0.29, 0.717) is 6.54 Å². The van der Waals surface area contributed by atoms with Crippen molar-refractivity contribution in [2.24, 2.45) is 5.73 Å². The molecule has 0 aliphatic heterocycles. The first-order chi connectivity index (χ1) is 6.70. The largest absolute Gasteiger partial charge is 0.369 e. The first kappa shape index (κ1) is 13.0. The lowest BCUT2D eigenvalue weighted by atomic mass is 10.2. The molecule has 0 rings (SSSR count). The quantitative estimate of drug-likeness (QED) is 0.465. The van der Waals surface area contributed by atoms with Gasteiger partial charge in [-0.2, -0.15) is 0 Å². The van der Waals surface area contributed by atoms with Gasteiger partial charge in [-0.3, -0.25) is 9.69 Å². The first-order valence-corrected chi connectivity index (χ1v) is 5.14. The van der Waals surface area contributed by atoms with Gasteiger partial charge in [0.05, 0.1) is 6.54 Å². The number of hydrogen-bond donors (Lipinski definition) is 1. The molecule has 3 heteroatoms. The van der Waals surface area contributed by atoms with E-state index < -0.39 is 0 Å². The molecule has 0 aliphatic carbocycles. The fourth-order valence-electron chi connectivity index (χ4n) is 1.28. The van der Waals surface area contributed by atoms with Crippen molar-refractivity contribution in [1.82, 2.24) is 4.90 Å². The number of amides is 1. The molecular weight excluding hydrogens is 176 g/mol. The molecule has 1 amide bonds. The molecule has 0 bridgehead atoms. The Morgan fingerprint density at radius 3 is 2.57 bits per heavy atom. The van der Waals surface area contributed by atoms with Gasteiger partial charge in [0.2, 0.25) is 5.91 Å². The van der Waals surface area contributed by atoms with Crippen LogP contribution < -0.4 is 5.73 Å². The van der Waals surface area contributed by atoms with Crippen molar-refractivity contribution in [3.63, 3.8) is 0 Å². The third kappa shape index (κ3) is 7.63. The van der Waals surface area contributed by atoms with Gasteiger partial charge in [0, 0.05) is 6.42 Å². The molecule has 0 atom stereocenters. The molecule has 0 aromatic rings. The lowest BCUT2D eigenvalue weighted by Gasteiger charge is -2.19. The molecular formula is C11H20N2O. The van der Waals surface area contributed by atoms with Crippen LogP contribution in [0.1, 0.15) is 32.6 Å². The van der Waals surface area contributed by atoms with Crippen LogP contribution in [0.25, 0.3) is 0 Å². The second kappa shape index (κ2) is 8.58. The highest BCUT2D eigenvalue weighted by Crippen LogP contribution is 1.98. The molecule has 0 heterocycles. The van der Waals surface area contributed by atoms with Crippen LogP contribution in [0.2, 0.25) is 0 Å². The van der Waals surface area contributed by atoms with Crippen molar-refractivity contribution in [3.8, 4) is 12.3 Å². The van der Waals surface area contributed by atoms with Gasteiger partial charge in [-0.25, -0.2) is 0 Å². The Kier molecular flexibility index (Phi) is 7.96. The van der Waals surface area contributed by atoms with Crippen LogP contribution in [-0.4, -0.2) is 30.4 Å². The predicted octanol–water partition coefficient (Wildman–Crippen LogP) is 0.987. The second-order valence-corrected chi connectivity index (χ2v) is 3.40. The predicted molar refractivity (Wildman–Crippen MR) is 58.6 cm³/mol. The summed E-state index contributed by atoms with van der Waals surface area (Å²) in [5.74, 6) is 2.33. The average molecular weight is 196 g/mol. The van der Waals surface area contributed by atoms with E-state index in [4.69, 9.17) is 12.2 Å². The van der Waals surface area contributed by atoms with Crippen molar-refractivity contribution in [3.05, 3.63) is 0 Å². The number of carbonyl (C=O) groups excluding carboxylic acids is 1. The van der Waals surface area contributed by atoms with Gasteiger partial charge in [-0.15, -0.1) is 12.3 Å². The number of nitrogens with zero attached hydrogens (tertiary/aromatic N) is 1. The molecule has 0 aliphatic rings. The highest BCUT2D eigenvalue weighted by molar-refractivity contribution is 5.75. The Hall–Kier alpha value is -1.01. The molecule has 0 aromatic carbocycles. The highest BCUT2D eigenvalue weighted by Gasteiger charge is 2.06. The van der Waals surface area contributed by atoms with E-state index in [-0.39, 0.29) is 5.91 Å². The smallest absolute Gasteiger partial charge is 0.231 e. The second-order valence-electron chi connectivity index (χ2n) is 3.40. The van der Waals surface area contributed by atoms with E-state index >= 15 is 0 Å². The number of primary amides is 1. The van der Waals surface area contributed by atoms with Crippen LogP contribution in [0, 0.1) is 12.3 Å². The summed E-state index contributed by atoms with van der Waals surface area (Å²) in [7, 11) is 0. The normalized spacial score (nSPS) is 10.1. The number of nitrogens with two attached hydrogens (primary N) is 1. The van der Waals surface area contributed by atoms with Gasteiger partial charge in [-0.05, 0) is 25.9 Å². The van der Waals surface area contributed by atoms with Gasteiger partial charge in [0.25, 0.3) is 0 Å². The molecule has 80 valence electrons. The summed E-state index contributed by atoms with van der Waals surface area (Å²) in [5.41, 5.74) is 5.15. The van der Waals surface area contributed by atoms with Crippen molar-refractivity contribution in [2.75, 3.05) is 19.6 Å². The van der Waals surface area contributed by atoms with Crippen molar-refractivity contribution < 1.29 is 4.79 Å². The Balaban J connectivity index is 3.73. The summed E-state index contributed by atoms with van der Waals surface area (Å²) in [6.45, 7) is 4.28. The Labute approximate surface area is 86.6 Å². The minimum atomic E-state index is -0.262. The lowest BCUT2D eigenvalue weighted by molar-refractivity contribution is -0.119. The molecule has 0 saturated carbocycles. The third-order valence-corrected chi connectivity index (χ3v) is 2.00. The molecule has 0 saturated heterocycles. The van der Waals surface area contributed by atoms with Crippen LogP contribution in [0.4, 0.5) is 0 Å². The van der Waals surface area contributed by atoms with E-state index in [2.05, 4.69) is 17.7 Å². The summed E-state index contributed by atoms with van der Waals surface area (Å²) in [6, 6.07) is 0. The van der Waals surface area contributed by atoms with E-state index in [0.717, 1.165) is 38.8 Å². The van der Waals surface area contributed by atoms with Gasteiger partial charge in [0.15, 0.2) is 0 Å². The fraction of sp³-hybridized carbons (Fsp3) is 0.727. The molecule has 0 radical (unpaired) electrons. The van der Waals surface area contributed by atoms with Crippen LogP contribution in [0.15, 0.2) is 0 Å². The van der Waals surface area contributed by atoms with Gasteiger partial charge >= 0.3 is 0 Å². The zero-order valence-corrected chi connectivity index (χ0v) is 8.96. The maximum absolute atomic E-state index is 10.7.